The van der Waals surface area contributed by atoms with Crippen molar-refractivity contribution in [3.05, 3.63) is 41.5 Å². The average Bonchev–Trinajstić information content (AvgIpc) is 2.29. The smallest absolute Gasteiger partial charge is 0.159 e. The monoisotopic (exact) mass is 229 g/mol. The van der Waals surface area contributed by atoms with Gasteiger partial charge in [0.2, 0.25) is 0 Å². The minimum atomic E-state index is -0.539. The van der Waals surface area contributed by atoms with Gasteiger partial charge >= 0.3 is 0 Å². The molecule has 17 heavy (non-hydrogen) atoms. The van der Waals surface area contributed by atoms with Gasteiger partial charge in [0.15, 0.2) is 5.82 Å². The van der Waals surface area contributed by atoms with Crippen LogP contribution in [-0.2, 0) is 0 Å². The quantitative estimate of drug-likeness (QED) is 0.857. The molecule has 4 heteroatoms. The zero-order valence-corrected chi connectivity index (χ0v) is 10.2. The van der Waals surface area contributed by atoms with E-state index in [0.717, 1.165) is 22.4 Å². The summed E-state index contributed by atoms with van der Waals surface area (Å²) in [6.45, 7) is 5.57. The zero-order chi connectivity index (χ0) is 12.4. The molecule has 0 spiro atoms. The first-order valence-corrected chi connectivity index (χ1v) is 5.52. The molecule has 0 aromatic carbocycles. The van der Waals surface area contributed by atoms with Gasteiger partial charge in [-0.05, 0) is 32.4 Å². The molecule has 0 saturated heterocycles. The molecule has 0 aliphatic rings. The molecule has 0 aliphatic heterocycles. The highest BCUT2D eigenvalue weighted by atomic mass is 16.3. The van der Waals surface area contributed by atoms with Crippen molar-refractivity contribution in [1.29, 1.82) is 0 Å². The van der Waals surface area contributed by atoms with Crippen LogP contribution in [0.25, 0.3) is 11.4 Å². The fourth-order valence-electron chi connectivity index (χ4n) is 1.74. The molecule has 0 fully saturated rings. The molecule has 1 atom stereocenters. The van der Waals surface area contributed by atoms with Gasteiger partial charge in [-0.15, -0.1) is 0 Å². The SMILES string of the molecule is Cc1cnccc1-c1ncc(C(C)O)c(C)n1. The molecule has 0 aliphatic carbocycles. The van der Waals surface area contributed by atoms with Crippen LogP contribution in [0.3, 0.4) is 0 Å². The largest absolute Gasteiger partial charge is 0.389 e. The van der Waals surface area contributed by atoms with Gasteiger partial charge in [-0.2, -0.15) is 0 Å². The second kappa shape index (κ2) is 4.59. The molecule has 0 saturated carbocycles. The Hall–Kier alpha value is -1.81. The molecule has 1 N–H and O–H groups in total. The van der Waals surface area contributed by atoms with E-state index in [-0.39, 0.29) is 0 Å². The van der Waals surface area contributed by atoms with Crippen LogP contribution < -0.4 is 0 Å². The number of aryl methyl sites for hydroxylation is 2. The van der Waals surface area contributed by atoms with Crippen molar-refractivity contribution in [2.24, 2.45) is 0 Å². The Balaban J connectivity index is 2.49. The van der Waals surface area contributed by atoms with Crippen molar-refractivity contribution >= 4 is 0 Å². The number of aliphatic hydroxyl groups is 1. The Morgan fingerprint density at radius 1 is 1.24 bits per heavy atom. The summed E-state index contributed by atoms with van der Waals surface area (Å²) in [6, 6.07) is 1.89. The van der Waals surface area contributed by atoms with Crippen molar-refractivity contribution in [2.75, 3.05) is 0 Å². The lowest BCUT2D eigenvalue weighted by atomic mass is 10.1. The molecular weight excluding hydrogens is 214 g/mol. The number of pyridine rings is 1. The van der Waals surface area contributed by atoms with Crippen LogP contribution in [0.2, 0.25) is 0 Å². The molecule has 2 heterocycles. The van der Waals surface area contributed by atoms with Gasteiger partial charge in [0.1, 0.15) is 0 Å². The van der Waals surface area contributed by atoms with Gasteiger partial charge in [0.25, 0.3) is 0 Å². The third-order valence-corrected chi connectivity index (χ3v) is 2.73. The number of nitrogens with zero attached hydrogens (tertiary/aromatic N) is 3. The Morgan fingerprint density at radius 3 is 2.59 bits per heavy atom. The van der Waals surface area contributed by atoms with Crippen LogP contribution in [0.15, 0.2) is 24.7 Å². The highest BCUT2D eigenvalue weighted by Crippen LogP contribution is 2.21. The normalized spacial score (nSPS) is 12.5. The van der Waals surface area contributed by atoms with Gasteiger partial charge in [0.05, 0.1) is 6.10 Å². The van der Waals surface area contributed by atoms with E-state index in [2.05, 4.69) is 15.0 Å². The van der Waals surface area contributed by atoms with E-state index in [4.69, 9.17) is 0 Å². The van der Waals surface area contributed by atoms with E-state index in [0.29, 0.717) is 5.82 Å². The summed E-state index contributed by atoms with van der Waals surface area (Å²) in [5.41, 5.74) is 3.58. The maximum absolute atomic E-state index is 9.53. The fraction of sp³-hybridized carbons (Fsp3) is 0.308. The standard InChI is InChI=1S/C13H15N3O/c1-8-6-14-5-4-11(8)13-15-7-12(10(3)17)9(2)16-13/h4-7,10,17H,1-3H3. The van der Waals surface area contributed by atoms with Crippen LogP contribution in [0, 0.1) is 13.8 Å². The van der Waals surface area contributed by atoms with Gasteiger partial charge in [0, 0.05) is 35.4 Å². The van der Waals surface area contributed by atoms with Crippen LogP contribution in [0.5, 0.6) is 0 Å². The number of hydrogen-bond acceptors (Lipinski definition) is 4. The average molecular weight is 229 g/mol. The number of aliphatic hydroxyl groups excluding tert-OH is 1. The maximum atomic E-state index is 9.53. The van der Waals surface area contributed by atoms with E-state index >= 15 is 0 Å². The van der Waals surface area contributed by atoms with Gasteiger partial charge < -0.3 is 5.11 Å². The predicted molar refractivity (Wildman–Crippen MR) is 65.4 cm³/mol. The summed E-state index contributed by atoms with van der Waals surface area (Å²) in [5.74, 6) is 0.673. The first-order chi connectivity index (χ1) is 8.09. The van der Waals surface area contributed by atoms with Gasteiger partial charge in [-0.3, -0.25) is 4.98 Å². The lowest BCUT2D eigenvalue weighted by molar-refractivity contribution is 0.197. The van der Waals surface area contributed by atoms with E-state index < -0.39 is 6.10 Å². The third kappa shape index (κ3) is 2.31. The molecule has 2 rings (SSSR count). The third-order valence-electron chi connectivity index (χ3n) is 2.73. The topological polar surface area (TPSA) is 58.9 Å². The molecule has 0 amide bonds. The Morgan fingerprint density at radius 2 is 2.00 bits per heavy atom. The van der Waals surface area contributed by atoms with E-state index in [1.807, 2.05) is 19.9 Å². The highest BCUT2D eigenvalue weighted by molar-refractivity contribution is 5.58. The maximum Gasteiger partial charge on any atom is 0.159 e. The second-order valence-electron chi connectivity index (χ2n) is 4.10. The fourth-order valence-corrected chi connectivity index (χ4v) is 1.74. The minimum Gasteiger partial charge on any atom is -0.389 e. The van der Waals surface area contributed by atoms with Crippen LogP contribution in [0.1, 0.15) is 29.8 Å². The summed E-state index contributed by atoms with van der Waals surface area (Å²) in [4.78, 5) is 12.8. The van der Waals surface area contributed by atoms with E-state index in [1.54, 1.807) is 25.5 Å². The molecule has 2 aromatic heterocycles. The first-order valence-electron chi connectivity index (χ1n) is 5.52. The van der Waals surface area contributed by atoms with Crippen LogP contribution in [0.4, 0.5) is 0 Å². The Bertz CT molecular complexity index is 538. The molecule has 4 nitrogen and oxygen atoms in total. The van der Waals surface area contributed by atoms with Crippen molar-refractivity contribution in [1.82, 2.24) is 15.0 Å². The van der Waals surface area contributed by atoms with Crippen molar-refractivity contribution in [3.63, 3.8) is 0 Å². The van der Waals surface area contributed by atoms with E-state index in [9.17, 15) is 5.11 Å². The minimum absolute atomic E-state index is 0.539. The summed E-state index contributed by atoms with van der Waals surface area (Å²) in [5, 5.41) is 9.53. The van der Waals surface area contributed by atoms with Crippen molar-refractivity contribution < 1.29 is 5.11 Å². The lowest BCUT2D eigenvalue weighted by Crippen LogP contribution is -2.01. The molecule has 88 valence electrons. The number of rotatable bonds is 2. The molecule has 0 radical (unpaired) electrons. The molecule has 1 unspecified atom stereocenters. The van der Waals surface area contributed by atoms with Crippen LogP contribution in [-0.4, -0.2) is 20.1 Å². The lowest BCUT2D eigenvalue weighted by Gasteiger charge is -2.10. The summed E-state index contributed by atoms with van der Waals surface area (Å²) >= 11 is 0. The van der Waals surface area contributed by atoms with E-state index in [1.165, 1.54) is 0 Å². The zero-order valence-electron chi connectivity index (χ0n) is 10.2. The van der Waals surface area contributed by atoms with Crippen molar-refractivity contribution in [3.8, 4) is 11.4 Å². The summed E-state index contributed by atoms with van der Waals surface area (Å²) in [6.07, 6.45) is 4.66. The first kappa shape index (κ1) is 11.7. The highest BCUT2D eigenvalue weighted by Gasteiger charge is 2.10. The Kier molecular flexibility index (Phi) is 3.15. The Labute approximate surface area is 100 Å². The number of hydrogen-bond donors (Lipinski definition) is 1. The van der Waals surface area contributed by atoms with Crippen LogP contribution >= 0.6 is 0 Å². The molecule has 2 aromatic rings. The predicted octanol–water partition coefficient (Wildman–Crippen LogP) is 2.21. The van der Waals surface area contributed by atoms with Gasteiger partial charge in [-0.25, -0.2) is 9.97 Å². The van der Waals surface area contributed by atoms with Crippen molar-refractivity contribution in [2.45, 2.75) is 26.9 Å². The number of aromatic nitrogens is 3. The molecule has 0 bridgehead atoms. The summed E-state index contributed by atoms with van der Waals surface area (Å²) < 4.78 is 0. The summed E-state index contributed by atoms with van der Waals surface area (Å²) in [7, 11) is 0. The second-order valence-corrected chi connectivity index (χ2v) is 4.10. The van der Waals surface area contributed by atoms with Gasteiger partial charge in [-0.1, -0.05) is 0 Å². The molecular formula is C13H15N3O.